The monoisotopic (exact) mass is 323 g/mol. The zero-order chi connectivity index (χ0) is 13.0. The molecular formula is C14H14BrNOS. The highest BCUT2D eigenvalue weighted by Gasteiger charge is 2.10. The van der Waals surface area contributed by atoms with Gasteiger partial charge in [-0.25, -0.2) is 0 Å². The summed E-state index contributed by atoms with van der Waals surface area (Å²) in [5.41, 5.74) is 7.76. The molecular weight excluding hydrogens is 310 g/mol. The fourth-order valence-electron chi connectivity index (χ4n) is 1.83. The molecule has 0 atom stereocenters. The minimum Gasteiger partial charge on any atom is -0.326 e. The zero-order valence-electron chi connectivity index (χ0n) is 9.86. The van der Waals surface area contributed by atoms with Crippen LogP contribution < -0.4 is 5.73 Å². The molecule has 18 heavy (non-hydrogen) atoms. The lowest BCUT2D eigenvalue weighted by atomic mass is 10.0. The zero-order valence-corrected chi connectivity index (χ0v) is 12.3. The van der Waals surface area contributed by atoms with Crippen molar-refractivity contribution >= 4 is 33.0 Å². The summed E-state index contributed by atoms with van der Waals surface area (Å²) < 4.78 is 1.02. The van der Waals surface area contributed by atoms with Gasteiger partial charge in [0, 0.05) is 28.7 Å². The van der Waals surface area contributed by atoms with E-state index in [2.05, 4.69) is 15.9 Å². The molecule has 0 saturated heterocycles. The number of carbonyl (C=O) groups excluding carboxylic acids is 1. The van der Waals surface area contributed by atoms with Crippen LogP contribution in [0.1, 0.15) is 16.0 Å². The average Bonchev–Trinajstić information content (AvgIpc) is 2.75. The van der Waals surface area contributed by atoms with E-state index >= 15 is 0 Å². The van der Waals surface area contributed by atoms with Crippen molar-refractivity contribution in [2.45, 2.75) is 19.4 Å². The number of nitrogens with two attached hydrogens (primary N) is 1. The number of rotatable bonds is 5. The van der Waals surface area contributed by atoms with Gasteiger partial charge in [-0.1, -0.05) is 24.3 Å². The van der Waals surface area contributed by atoms with Gasteiger partial charge in [0.25, 0.3) is 0 Å². The molecule has 0 fully saturated rings. The van der Waals surface area contributed by atoms with Crippen LogP contribution in [0.25, 0.3) is 0 Å². The minimum atomic E-state index is 0.221. The van der Waals surface area contributed by atoms with Crippen molar-refractivity contribution in [3.63, 3.8) is 0 Å². The van der Waals surface area contributed by atoms with Crippen LogP contribution in [0, 0.1) is 0 Å². The number of thiophene rings is 1. The molecule has 1 aromatic heterocycles. The van der Waals surface area contributed by atoms with Crippen molar-refractivity contribution in [3.8, 4) is 0 Å². The fourth-order valence-corrected chi connectivity index (χ4v) is 3.36. The van der Waals surface area contributed by atoms with Crippen molar-refractivity contribution in [1.29, 1.82) is 0 Å². The van der Waals surface area contributed by atoms with Gasteiger partial charge < -0.3 is 5.73 Å². The quantitative estimate of drug-likeness (QED) is 0.917. The van der Waals surface area contributed by atoms with Crippen LogP contribution in [0.5, 0.6) is 0 Å². The van der Waals surface area contributed by atoms with Crippen LogP contribution in [-0.2, 0) is 24.2 Å². The second-order valence-corrected chi connectivity index (χ2v) is 5.91. The van der Waals surface area contributed by atoms with Crippen molar-refractivity contribution in [2.24, 2.45) is 5.73 Å². The first kappa shape index (κ1) is 13.5. The second-order valence-electron chi connectivity index (χ2n) is 4.06. The van der Waals surface area contributed by atoms with E-state index in [0.717, 1.165) is 20.5 Å². The van der Waals surface area contributed by atoms with Gasteiger partial charge in [-0.05, 0) is 38.5 Å². The Kier molecular flexibility index (Phi) is 4.69. The summed E-state index contributed by atoms with van der Waals surface area (Å²) in [6.45, 7) is 0.478. The molecule has 2 nitrogen and oxygen atoms in total. The first-order chi connectivity index (χ1) is 8.70. The molecule has 0 unspecified atom stereocenters. The van der Waals surface area contributed by atoms with Crippen LogP contribution >= 0.6 is 27.3 Å². The summed E-state index contributed by atoms with van der Waals surface area (Å²) >= 11 is 5.05. The van der Waals surface area contributed by atoms with Gasteiger partial charge in [0.15, 0.2) is 0 Å². The van der Waals surface area contributed by atoms with Crippen molar-refractivity contribution in [2.75, 3.05) is 0 Å². The number of Topliss-reactive ketones (excluding diaryl/α,β-unsaturated/α-hetero) is 1. The lowest BCUT2D eigenvalue weighted by molar-refractivity contribution is -0.117. The Morgan fingerprint density at radius 1 is 1.17 bits per heavy atom. The maximum Gasteiger partial charge on any atom is 0.142 e. The Morgan fingerprint density at radius 3 is 2.50 bits per heavy atom. The first-order valence-corrected chi connectivity index (χ1v) is 7.38. The summed E-state index contributed by atoms with van der Waals surface area (Å²) in [7, 11) is 0. The molecule has 2 aromatic rings. The molecule has 94 valence electrons. The average molecular weight is 324 g/mol. The van der Waals surface area contributed by atoms with Crippen molar-refractivity contribution < 1.29 is 4.79 Å². The van der Waals surface area contributed by atoms with E-state index in [0.29, 0.717) is 19.4 Å². The van der Waals surface area contributed by atoms with Crippen LogP contribution in [0.2, 0.25) is 0 Å². The number of ketones is 1. The van der Waals surface area contributed by atoms with Crippen LogP contribution in [0.3, 0.4) is 0 Å². The molecule has 0 aliphatic heterocycles. The maximum absolute atomic E-state index is 12.0. The molecule has 2 rings (SSSR count). The molecule has 0 aliphatic carbocycles. The SMILES string of the molecule is NCc1ccccc1CC(=O)Cc1sccc1Br. The molecule has 0 saturated carbocycles. The van der Waals surface area contributed by atoms with E-state index in [9.17, 15) is 4.79 Å². The van der Waals surface area contributed by atoms with Crippen molar-refractivity contribution in [1.82, 2.24) is 0 Å². The maximum atomic E-state index is 12.0. The normalized spacial score (nSPS) is 10.6. The Labute approximate surface area is 119 Å². The lowest BCUT2D eigenvalue weighted by Crippen LogP contribution is -2.09. The van der Waals surface area contributed by atoms with E-state index in [4.69, 9.17) is 5.73 Å². The van der Waals surface area contributed by atoms with E-state index in [1.54, 1.807) is 11.3 Å². The summed E-state index contributed by atoms with van der Waals surface area (Å²) in [5, 5.41) is 1.99. The standard InChI is InChI=1S/C14H14BrNOS/c15-13-5-6-18-14(13)8-12(17)7-10-3-1-2-4-11(10)9-16/h1-6H,7-9,16H2. The molecule has 0 aliphatic rings. The molecule has 0 radical (unpaired) electrons. The topological polar surface area (TPSA) is 43.1 Å². The van der Waals surface area contributed by atoms with Gasteiger partial charge in [0.05, 0.1) is 0 Å². The number of hydrogen-bond acceptors (Lipinski definition) is 3. The largest absolute Gasteiger partial charge is 0.326 e. The Bertz CT molecular complexity index is 550. The van der Waals surface area contributed by atoms with E-state index in [1.165, 1.54) is 0 Å². The van der Waals surface area contributed by atoms with E-state index in [1.807, 2.05) is 35.7 Å². The van der Waals surface area contributed by atoms with Gasteiger partial charge in [-0.2, -0.15) is 0 Å². The number of hydrogen-bond donors (Lipinski definition) is 1. The lowest BCUT2D eigenvalue weighted by Gasteiger charge is -2.06. The smallest absolute Gasteiger partial charge is 0.142 e. The van der Waals surface area contributed by atoms with Crippen molar-refractivity contribution in [3.05, 3.63) is 56.2 Å². The molecule has 1 heterocycles. The third kappa shape index (κ3) is 3.28. The molecule has 0 spiro atoms. The Morgan fingerprint density at radius 2 is 1.89 bits per heavy atom. The van der Waals surface area contributed by atoms with Gasteiger partial charge in [-0.15, -0.1) is 11.3 Å². The predicted octanol–water partition coefficient (Wildman–Crippen LogP) is 3.32. The van der Waals surface area contributed by atoms with E-state index in [-0.39, 0.29) is 5.78 Å². The highest BCUT2D eigenvalue weighted by molar-refractivity contribution is 9.10. The predicted molar refractivity (Wildman–Crippen MR) is 78.8 cm³/mol. The highest BCUT2D eigenvalue weighted by Crippen LogP contribution is 2.23. The third-order valence-electron chi connectivity index (χ3n) is 2.77. The number of halogens is 1. The fraction of sp³-hybridized carbons (Fsp3) is 0.214. The molecule has 2 N–H and O–H groups in total. The molecule has 4 heteroatoms. The summed E-state index contributed by atoms with van der Waals surface area (Å²) in [6, 6.07) is 9.82. The van der Waals surface area contributed by atoms with Gasteiger partial charge in [0.2, 0.25) is 0 Å². The van der Waals surface area contributed by atoms with Crippen LogP contribution in [0.4, 0.5) is 0 Å². The number of benzene rings is 1. The van der Waals surface area contributed by atoms with Gasteiger partial charge in [0.1, 0.15) is 5.78 Å². The van der Waals surface area contributed by atoms with Gasteiger partial charge >= 0.3 is 0 Å². The Hall–Kier alpha value is -0.970. The van der Waals surface area contributed by atoms with Gasteiger partial charge in [-0.3, -0.25) is 4.79 Å². The molecule has 1 aromatic carbocycles. The number of carbonyl (C=O) groups is 1. The summed E-state index contributed by atoms with van der Waals surface area (Å²) in [5.74, 6) is 0.221. The minimum absolute atomic E-state index is 0.221. The molecule has 0 amide bonds. The molecule has 0 bridgehead atoms. The second kappa shape index (κ2) is 6.27. The summed E-state index contributed by atoms with van der Waals surface area (Å²) in [6.07, 6.45) is 0.939. The first-order valence-electron chi connectivity index (χ1n) is 5.71. The Balaban J connectivity index is 2.05. The van der Waals surface area contributed by atoms with E-state index < -0.39 is 0 Å². The van der Waals surface area contributed by atoms with Crippen LogP contribution in [-0.4, -0.2) is 5.78 Å². The third-order valence-corrected chi connectivity index (χ3v) is 4.70. The summed E-state index contributed by atoms with van der Waals surface area (Å²) in [4.78, 5) is 13.1. The van der Waals surface area contributed by atoms with Crippen LogP contribution in [0.15, 0.2) is 40.2 Å². The highest BCUT2D eigenvalue weighted by atomic mass is 79.9.